The smallest absolute Gasteiger partial charge is 0.118 e. The van der Waals surface area contributed by atoms with Gasteiger partial charge in [0.05, 0.1) is 19.2 Å². The van der Waals surface area contributed by atoms with E-state index in [9.17, 15) is 5.11 Å². The molecule has 0 aliphatic carbocycles. The van der Waals surface area contributed by atoms with Gasteiger partial charge in [0.2, 0.25) is 0 Å². The van der Waals surface area contributed by atoms with Crippen molar-refractivity contribution in [1.29, 1.82) is 0 Å². The van der Waals surface area contributed by atoms with E-state index in [4.69, 9.17) is 8.83 Å². The van der Waals surface area contributed by atoms with Crippen LogP contribution < -0.4 is 0 Å². The standard InChI is InChI=1S/C15H21NO3/c1-11(17)8-16(9-14-6-4-12(2)18-14)10-15-7-5-13(3)19-15/h4-7,11,17H,8-10H2,1-3H3/t11-/m1/s1. The average molecular weight is 263 g/mol. The van der Waals surface area contributed by atoms with E-state index in [2.05, 4.69) is 4.90 Å². The molecule has 0 unspecified atom stereocenters. The molecule has 104 valence electrons. The molecule has 0 radical (unpaired) electrons. The third-order valence-electron chi connectivity index (χ3n) is 2.87. The van der Waals surface area contributed by atoms with Crippen LogP contribution in [0.15, 0.2) is 33.1 Å². The molecule has 0 aromatic carbocycles. The van der Waals surface area contributed by atoms with E-state index in [0.29, 0.717) is 19.6 Å². The Bertz CT molecular complexity index is 471. The molecule has 0 amide bonds. The predicted octanol–water partition coefficient (Wildman–Crippen LogP) is 2.87. The van der Waals surface area contributed by atoms with Gasteiger partial charge >= 0.3 is 0 Å². The highest BCUT2D eigenvalue weighted by atomic mass is 16.3. The third kappa shape index (κ3) is 4.26. The second-order valence-corrected chi connectivity index (χ2v) is 5.04. The minimum atomic E-state index is -0.382. The topological polar surface area (TPSA) is 49.8 Å². The molecule has 0 saturated heterocycles. The Kier molecular flexibility index (Phi) is 4.45. The summed E-state index contributed by atoms with van der Waals surface area (Å²) in [7, 11) is 0. The average Bonchev–Trinajstić information content (AvgIpc) is 2.87. The van der Waals surface area contributed by atoms with Gasteiger partial charge in [-0.05, 0) is 45.0 Å². The zero-order chi connectivity index (χ0) is 13.8. The van der Waals surface area contributed by atoms with Gasteiger partial charge in [-0.25, -0.2) is 0 Å². The minimum absolute atomic E-state index is 0.382. The molecule has 1 atom stereocenters. The number of furan rings is 2. The van der Waals surface area contributed by atoms with Crippen molar-refractivity contribution < 1.29 is 13.9 Å². The number of aliphatic hydroxyl groups excluding tert-OH is 1. The van der Waals surface area contributed by atoms with Crippen molar-refractivity contribution in [2.24, 2.45) is 0 Å². The Morgan fingerprint density at radius 1 is 1.00 bits per heavy atom. The van der Waals surface area contributed by atoms with Gasteiger partial charge in [-0.3, -0.25) is 4.90 Å². The molecule has 2 aromatic rings. The zero-order valence-corrected chi connectivity index (χ0v) is 11.7. The van der Waals surface area contributed by atoms with Crippen LogP contribution in [-0.2, 0) is 13.1 Å². The quantitative estimate of drug-likeness (QED) is 0.870. The highest BCUT2D eigenvalue weighted by molar-refractivity contribution is 5.07. The van der Waals surface area contributed by atoms with Gasteiger partial charge in [0.15, 0.2) is 0 Å². The molecule has 0 spiro atoms. The Morgan fingerprint density at radius 3 is 1.79 bits per heavy atom. The third-order valence-corrected chi connectivity index (χ3v) is 2.87. The fourth-order valence-corrected chi connectivity index (χ4v) is 2.14. The van der Waals surface area contributed by atoms with Crippen molar-refractivity contribution in [1.82, 2.24) is 4.90 Å². The Balaban J connectivity index is 2.02. The summed E-state index contributed by atoms with van der Waals surface area (Å²) in [6.45, 7) is 7.56. The number of hydrogen-bond donors (Lipinski definition) is 1. The van der Waals surface area contributed by atoms with Gasteiger partial charge in [0.25, 0.3) is 0 Å². The van der Waals surface area contributed by atoms with Gasteiger partial charge < -0.3 is 13.9 Å². The van der Waals surface area contributed by atoms with E-state index >= 15 is 0 Å². The Morgan fingerprint density at radius 2 is 1.47 bits per heavy atom. The lowest BCUT2D eigenvalue weighted by Gasteiger charge is -2.21. The maximum Gasteiger partial charge on any atom is 0.118 e. The summed E-state index contributed by atoms with van der Waals surface area (Å²) < 4.78 is 11.2. The van der Waals surface area contributed by atoms with Crippen LogP contribution in [0.5, 0.6) is 0 Å². The first-order valence-electron chi connectivity index (χ1n) is 6.54. The van der Waals surface area contributed by atoms with Crippen molar-refractivity contribution in [3.05, 3.63) is 47.3 Å². The Hall–Kier alpha value is -1.52. The van der Waals surface area contributed by atoms with E-state index < -0.39 is 0 Å². The number of hydrogen-bond acceptors (Lipinski definition) is 4. The molecule has 0 fully saturated rings. The molecule has 1 N–H and O–H groups in total. The fourth-order valence-electron chi connectivity index (χ4n) is 2.14. The lowest BCUT2D eigenvalue weighted by atomic mass is 10.3. The van der Waals surface area contributed by atoms with Crippen molar-refractivity contribution in [2.45, 2.75) is 40.0 Å². The van der Waals surface area contributed by atoms with Crippen molar-refractivity contribution in [3.8, 4) is 0 Å². The number of nitrogens with zero attached hydrogens (tertiary/aromatic N) is 1. The molecule has 4 heteroatoms. The van der Waals surface area contributed by atoms with E-state index in [-0.39, 0.29) is 6.10 Å². The van der Waals surface area contributed by atoms with Crippen LogP contribution in [0.4, 0.5) is 0 Å². The van der Waals surface area contributed by atoms with E-state index in [0.717, 1.165) is 23.0 Å². The monoisotopic (exact) mass is 263 g/mol. The van der Waals surface area contributed by atoms with Crippen molar-refractivity contribution in [3.63, 3.8) is 0 Å². The highest BCUT2D eigenvalue weighted by Gasteiger charge is 2.13. The van der Waals surface area contributed by atoms with E-state index in [1.54, 1.807) is 6.92 Å². The summed E-state index contributed by atoms with van der Waals surface area (Å²) >= 11 is 0. The predicted molar refractivity (Wildman–Crippen MR) is 72.7 cm³/mol. The second-order valence-electron chi connectivity index (χ2n) is 5.04. The highest BCUT2D eigenvalue weighted by Crippen LogP contribution is 2.14. The summed E-state index contributed by atoms with van der Waals surface area (Å²) in [5, 5.41) is 9.59. The Labute approximate surface area is 113 Å². The SMILES string of the molecule is Cc1ccc(CN(Cc2ccc(C)o2)C[C@@H](C)O)o1. The first-order chi connectivity index (χ1) is 9.02. The maximum absolute atomic E-state index is 9.59. The number of rotatable bonds is 6. The summed E-state index contributed by atoms with van der Waals surface area (Å²) in [5.41, 5.74) is 0. The second kappa shape index (κ2) is 6.08. The van der Waals surface area contributed by atoms with Crippen LogP contribution in [0, 0.1) is 13.8 Å². The molecule has 0 bridgehead atoms. The van der Waals surface area contributed by atoms with Crippen molar-refractivity contribution in [2.75, 3.05) is 6.54 Å². The summed E-state index contributed by atoms with van der Waals surface area (Å²) in [6, 6.07) is 7.84. The van der Waals surface area contributed by atoms with Crippen LogP contribution >= 0.6 is 0 Å². The normalized spacial score (nSPS) is 13.1. The summed E-state index contributed by atoms with van der Waals surface area (Å²) in [5.74, 6) is 3.62. The number of aryl methyl sites for hydroxylation is 2. The molecule has 2 aromatic heterocycles. The molecule has 0 saturated carbocycles. The van der Waals surface area contributed by atoms with Gasteiger partial charge in [-0.2, -0.15) is 0 Å². The van der Waals surface area contributed by atoms with Crippen LogP contribution in [0.2, 0.25) is 0 Å². The van der Waals surface area contributed by atoms with E-state index in [1.807, 2.05) is 38.1 Å². The van der Waals surface area contributed by atoms with Crippen LogP contribution in [0.25, 0.3) is 0 Å². The molecular weight excluding hydrogens is 242 g/mol. The first-order valence-corrected chi connectivity index (χ1v) is 6.54. The lowest BCUT2D eigenvalue weighted by molar-refractivity contribution is 0.108. The molecule has 0 aliphatic heterocycles. The van der Waals surface area contributed by atoms with Gasteiger partial charge in [-0.1, -0.05) is 0 Å². The largest absolute Gasteiger partial charge is 0.465 e. The zero-order valence-electron chi connectivity index (χ0n) is 11.7. The molecule has 19 heavy (non-hydrogen) atoms. The van der Waals surface area contributed by atoms with Crippen LogP contribution in [-0.4, -0.2) is 22.7 Å². The van der Waals surface area contributed by atoms with Crippen LogP contribution in [0.3, 0.4) is 0 Å². The summed E-state index contributed by atoms with van der Waals surface area (Å²) in [6.07, 6.45) is -0.382. The molecule has 2 heterocycles. The van der Waals surface area contributed by atoms with E-state index in [1.165, 1.54) is 0 Å². The molecular formula is C15H21NO3. The van der Waals surface area contributed by atoms with Crippen molar-refractivity contribution >= 4 is 0 Å². The summed E-state index contributed by atoms with van der Waals surface area (Å²) in [4.78, 5) is 2.11. The number of aliphatic hydroxyl groups is 1. The molecule has 0 aliphatic rings. The maximum atomic E-state index is 9.59. The lowest BCUT2D eigenvalue weighted by Crippen LogP contribution is -2.30. The van der Waals surface area contributed by atoms with Crippen LogP contribution in [0.1, 0.15) is 30.0 Å². The minimum Gasteiger partial charge on any atom is -0.465 e. The van der Waals surface area contributed by atoms with Gasteiger partial charge in [0.1, 0.15) is 23.0 Å². The molecule has 2 rings (SSSR count). The first kappa shape index (κ1) is 13.9. The fraction of sp³-hybridized carbons (Fsp3) is 0.467. The van der Waals surface area contributed by atoms with Gasteiger partial charge in [-0.15, -0.1) is 0 Å². The molecule has 4 nitrogen and oxygen atoms in total. The van der Waals surface area contributed by atoms with Gasteiger partial charge in [0, 0.05) is 6.54 Å².